The van der Waals surface area contributed by atoms with E-state index in [2.05, 4.69) is 25.7 Å². The van der Waals surface area contributed by atoms with E-state index in [-0.39, 0.29) is 11.7 Å². The first kappa shape index (κ1) is 21.8. The predicted octanol–water partition coefficient (Wildman–Crippen LogP) is 5.03. The number of nitrogens with zero attached hydrogens (tertiary/aromatic N) is 4. The normalized spacial score (nSPS) is 14.9. The number of hydrogen-bond acceptors (Lipinski definition) is 6. The standard InChI is InChI=1S/C25H21FN6OS/c1-16-21(23(33)29-19-10-3-2-4-11-19)22(17-9-7-13-27-14-17)32-24(28-16)30-25(31-32)34-15-18-8-5-6-12-20(18)26/h2-14,22H,15H2,1H3,(H,29,33)(H,28,30,31)/t22-/m1/s1. The van der Waals surface area contributed by atoms with E-state index in [9.17, 15) is 9.18 Å². The molecule has 0 fully saturated rings. The van der Waals surface area contributed by atoms with Crippen LogP contribution in [-0.4, -0.2) is 25.7 Å². The number of thioether (sulfide) groups is 1. The number of hydrogen-bond donors (Lipinski definition) is 2. The van der Waals surface area contributed by atoms with Crippen molar-refractivity contribution in [1.29, 1.82) is 0 Å². The van der Waals surface area contributed by atoms with Gasteiger partial charge >= 0.3 is 0 Å². The van der Waals surface area contributed by atoms with E-state index in [1.807, 2.05) is 49.4 Å². The first-order valence-electron chi connectivity index (χ1n) is 10.7. The van der Waals surface area contributed by atoms with Crippen molar-refractivity contribution in [2.24, 2.45) is 0 Å². The molecular weight excluding hydrogens is 451 g/mol. The van der Waals surface area contributed by atoms with Gasteiger partial charge in [0.1, 0.15) is 11.9 Å². The molecule has 0 saturated carbocycles. The molecule has 5 rings (SSSR count). The van der Waals surface area contributed by atoms with Gasteiger partial charge in [-0.2, -0.15) is 4.98 Å². The van der Waals surface area contributed by atoms with Crippen LogP contribution in [0.2, 0.25) is 0 Å². The smallest absolute Gasteiger partial charge is 0.255 e. The summed E-state index contributed by atoms with van der Waals surface area (Å²) in [6, 6.07) is 19.1. The minimum absolute atomic E-state index is 0.244. The van der Waals surface area contributed by atoms with Crippen molar-refractivity contribution < 1.29 is 9.18 Å². The third kappa shape index (κ3) is 4.42. The van der Waals surface area contributed by atoms with Crippen LogP contribution >= 0.6 is 11.8 Å². The van der Waals surface area contributed by atoms with Crippen molar-refractivity contribution in [1.82, 2.24) is 19.7 Å². The molecule has 1 atom stereocenters. The molecule has 0 bridgehead atoms. The van der Waals surface area contributed by atoms with E-state index in [1.165, 1.54) is 17.8 Å². The van der Waals surface area contributed by atoms with Gasteiger partial charge in [-0.15, -0.1) is 5.10 Å². The van der Waals surface area contributed by atoms with Crippen molar-refractivity contribution in [2.45, 2.75) is 23.9 Å². The van der Waals surface area contributed by atoms with Crippen LogP contribution in [-0.2, 0) is 10.5 Å². The molecule has 0 unspecified atom stereocenters. The number of allylic oxidation sites excluding steroid dienone is 1. The molecule has 1 aliphatic rings. The van der Waals surface area contributed by atoms with Crippen molar-refractivity contribution in [2.75, 3.05) is 10.6 Å². The molecule has 2 aromatic carbocycles. The van der Waals surface area contributed by atoms with E-state index in [0.29, 0.717) is 39.4 Å². The Kier molecular flexibility index (Phi) is 6.09. The number of rotatable bonds is 6. The molecule has 0 radical (unpaired) electrons. The highest BCUT2D eigenvalue weighted by molar-refractivity contribution is 7.98. The zero-order chi connectivity index (χ0) is 23.5. The Bertz CT molecular complexity index is 1360. The highest BCUT2D eigenvalue weighted by Crippen LogP contribution is 2.36. The molecule has 3 heterocycles. The van der Waals surface area contributed by atoms with Crippen LogP contribution in [0.15, 0.2) is 95.6 Å². The minimum Gasteiger partial charge on any atom is -0.328 e. The molecule has 170 valence electrons. The average Bonchev–Trinajstić information content (AvgIpc) is 3.26. The van der Waals surface area contributed by atoms with E-state index >= 15 is 0 Å². The van der Waals surface area contributed by atoms with Gasteiger partial charge in [-0.1, -0.05) is 54.2 Å². The summed E-state index contributed by atoms with van der Waals surface area (Å²) >= 11 is 1.33. The molecule has 34 heavy (non-hydrogen) atoms. The Balaban J connectivity index is 1.48. The van der Waals surface area contributed by atoms with E-state index < -0.39 is 6.04 Å². The lowest BCUT2D eigenvalue weighted by molar-refractivity contribution is -0.113. The average molecular weight is 473 g/mol. The summed E-state index contributed by atoms with van der Waals surface area (Å²) in [5, 5.41) is 11.3. The van der Waals surface area contributed by atoms with Gasteiger partial charge < -0.3 is 10.6 Å². The monoisotopic (exact) mass is 472 g/mol. The SMILES string of the molecule is CC1=C(C(=O)Nc2ccccc2)[C@@H](c2cccnc2)n2nc(SCc3ccccc3F)nc2N1. The second-order valence-electron chi connectivity index (χ2n) is 7.72. The van der Waals surface area contributed by atoms with Crippen LogP contribution in [0.4, 0.5) is 16.0 Å². The van der Waals surface area contributed by atoms with Gasteiger partial charge in [-0.05, 0) is 42.3 Å². The largest absolute Gasteiger partial charge is 0.328 e. The summed E-state index contributed by atoms with van der Waals surface area (Å²) in [5.41, 5.74) is 3.27. The summed E-state index contributed by atoms with van der Waals surface area (Å²) < 4.78 is 15.7. The van der Waals surface area contributed by atoms with E-state index in [4.69, 9.17) is 0 Å². The van der Waals surface area contributed by atoms with Crippen molar-refractivity contribution in [3.05, 3.63) is 107 Å². The minimum atomic E-state index is -0.524. The highest BCUT2D eigenvalue weighted by atomic mass is 32.2. The number of para-hydroxylation sites is 1. The van der Waals surface area contributed by atoms with Crippen LogP contribution in [0, 0.1) is 5.82 Å². The number of nitrogens with one attached hydrogen (secondary N) is 2. The second-order valence-corrected chi connectivity index (χ2v) is 8.66. The number of fused-ring (bicyclic) bond motifs is 1. The molecular formula is C25H21FN6OS. The summed E-state index contributed by atoms with van der Waals surface area (Å²) in [6.45, 7) is 1.84. The Morgan fingerprint density at radius 3 is 2.68 bits per heavy atom. The topological polar surface area (TPSA) is 84.7 Å². The number of amides is 1. The number of benzene rings is 2. The predicted molar refractivity (Wildman–Crippen MR) is 130 cm³/mol. The van der Waals surface area contributed by atoms with E-state index in [0.717, 1.165) is 5.56 Å². The molecule has 0 spiro atoms. The first-order valence-corrected chi connectivity index (χ1v) is 11.7. The molecule has 7 nitrogen and oxygen atoms in total. The van der Waals surface area contributed by atoms with Crippen LogP contribution < -0.4 is 10.6 Å². The lowest BCUT2D eigenvalue weighted by Gasteiger charge is -2.28. The fourth-order valence-electron chi connectivity index (χ4n) is 3.81. The Hall–Kier alpha value is -3.98. The third-order valence-electron chi connectivity index (χ3n) is 5.42. The van der Waals surface area contributed by atoms with Gasteiger partial charge in [0.05, 0.1) is 5.57 Å². The van der Waals surface area contributed by atoms with Gasteiger partial charge in [0, 0.05) is 29.5 Å². The van der Waals surface area contributed by atoms with Gasteiger partial charge in [0.15, 0.2) is 0 Å². The Morgan fingerprint density at radius 1 is 1.12 bits per heavy atom. The molecule has 0 aliphatic carbocycles. The van der Waals surface area contributed by atoms with Gasteiger partial charge in [-0.25, -0.2) is 9.07 Å². The zero-order valence-electron chi connectivity index (χ0n) is 18.3. The summed E-state index contributed by atoms with van der Waals surface area (Å²) in [6.07, 6.45) is 3.40. The molecule has 2 N–H and O–H groups in total. The van der Waals surface area contributed by atoms with Crippen LogP contribution in [0.25, 0.3) is 0 Å². The Labute approximate surface area is 200 Å². The number of halogens is 1. The first-order chi connectivity index (χ1) is 16.6. The van der Waals surface area contributed by atoms with Crippen LogP contribution in [0.5, 0.6) is 0 Å². The summed E-state index contributed by atoms with van der Waals surface area (Å²) in [7, 11) is 0. The van der Waals surface area contributed by atoms with Gasteiger partial charge in [0.2, 0.25) is 11.1 Å². The van der Waals surface area contributed by atoms with Crippen LogP contribution in [0.3, 0.4) is 0 Å². The lowest BCUT2D eigenvalue weighted by Crippen LogP contribution is -2.31. The molecule has 1 amide bonds. The van der Waals surface area contributed by atoms with Crippen molar-refractivity contribution >= 4 is 29.3 Å². The maximum Gasteiger partial charge on any atom is 0.255 e. The number of pyridine rings is 1. The summed E-state index contributed by atoms with van der Waals surface area (Å²) in [5.74, 6) is 0.398. The molecule has 0 saturated heterocycles. The number of carbonyl (C=O) groups is 1. The maximum atomic E-state index is 14.0. The zero-order valence-corrected chi connectivity index (χ0v) is 19.1. The molecule has 1 aliphatic heterocycles. The van der Waals surface area contributed by atoms with E-state index in [1.54, 1.807) is 35.3 Å². The fourth-order valence-corrected chi connectivity index (χ4v) is 4.63. The fraction of sp³-hybridized carbons (Fsp3) is 0.120. The quantitative estimate of drug-likeness (QED) is 0.383. The lowest BCUT2D eigenvalue weighted by atomic mass is 9.96. The Morgan fingerprint density at radius 2 is 1.91 bits per heavy atom. The second kappa shape index (κ2) is 9.48. The molecule has 4 aromatic rings. The molecule has 9 heteroatoms. The molecule has 2 aromatic heterocycles. The van der Waals surface area contributed by atoms with Gasteiger partial charge in [-0.3, -0.25) is 9.78 Å². The summed E-state index contributed by atoms with van der Waals surface area (Å²) in [4.78, 5) is 22.2. The van der Waals surface area contributed by atoms with Crippen molar-refractivity contribution in [3.8, 4) is 0 Å². The van der Waals surface area contributed by atoms with Crippen LogP contribution in [0.1, 0.15) is 24.1 Å². The maximum absolute atomic E-state index is 14.0. The van der Waals surface area contributed by atoms with Crippen molar-refractivity contribution in [3.63, 3.8) is 0 Å². The highest BCUT2D eigenvalue weighted by Gasteiger charge is 2.34. The number of carbonyl (C=O) groups excluding carboxylic acids is 1. The third-order valence-corrected chi connectivity index (χ3v) is 6.31. The number of aromatic nitrogens is 4. The number of anilines is 2. The van der Waals surface area contributed by atoms with Gasteiger partial charge in [0.25, 0.3) is 5.91 Å².